The lowest BCUT2D eigenvalue weighted by Crippen LogP contribution is -2.71. The van der Waals surface area contributed by atoms with E-state index in [-0.39, 0.29) is 23.2 Å². The number of hydrogen-bond acceptors (Lipinski definition) is 11. The Morgan fingerprint density at radius 3 is 2.88 bits per heavy atom. The summed E-state index contributed by atoms with van der Waals surface area (Å²) < 4.78 is 5.64. The average molecular weight is 492 g/mol. The predicted octanol–water partition coefficient (Wildman–Crippen LogP) is -1.02. The lowest BCUT2D eigenvalue weighted by Gasteiger charge is -2.49. The zero-order valence-electron chi connectivity index (χ0n) is 17.2. The Labute approximate surface area is 195 Å². The number of fused-ring (bicyclic) bond motifs is 1. The van der Waals surface area contributed by atoms with Crippen LogP contribution in [0.1, 0.15) is 18.4 Å². The highest BCUT2D eigenvalue weighted by molar-refractivity contribution is 8.00. The minimum atomic E-state index is -1.22. The van der Waals surface area contributed by atoms with Gasteiger partial charge in [-0.1, -0.05) is 12.1 Å². The normalized spacial score (nSPS) is 20.3. The second-order valence-electron chi connectivity index (χ2n) is 7.10. The van der Waals surface area contributed by atoms with Crippen molar-refractivity contribution in [3.05, 3.63) is 41.4 Å². The molecule has 2 aliphatic heterocycles. The second kappa shape index (κ2) is 9.11. The Morgan fingerprint density at radius 1 is 1.45 bits per heavy atom. The number of carbonyl (C=O) groups is 3. The van der Waals surface area contributed by atoms with Crippen LogP contribution in [0.4, 0.5) is 5.13 Å². The fraction of sp³-hybridized carbons (Fsp3) is 0.333. The fourth-order valence-corrected chi connectivity index (χ4v) is 5.29. The van der Waals surface area contributed by atoms with Crippen LogP contribution in [-0.4, -0.2) is 70.2 Å². The molecule has 2 atom stereocenters. The molecule has 2 aromatic heterocycles. The van der Waals surface area contributed by atoms with Gasteiger partial charge in [-0.2, -0.15) is 13.9 Å². The van der Waals surface area contributed by atoms with E-state index in [1.165, 1.54) is 16.7 Å². The SMILES string of the molecule is CCc1c[n+](CC2=C(C(=O)O)N3C(=O)C(NC(=O)/C(=N\O)c4nsc(N)n4)[C@H]3SC2)ccn1. The van der Waals surface area contributed by atoms with E-state index < -0.39 is 34.9 Å². The number of carboxylic acid groups (broad SMARTS) is 1. The number of carbonyl (C=O) groups excluding carboxylic acids is 2. The van der Waals surface area contributed by atoms with E-state index in [0.717, 1.165) is 23.6 Å². The number of anilines is 1. The van der Waals surface area contributed by atoms with E-state index in [0.29, 0.717) is 11.3 Å². The molecule has 4 rings (SSSR count). The molecule has 0 saturated carbocycles. The van der Waals surface area contributed by atoms with Crippen LogP contribution in [0.25, 0.3) is 0 Å². The lowest BCUT2D eigenvalue weighted by atomic mass is 10.0. The maximum atomic E-state index is 12.8. The monoisotopic (exact) mass is 491 g/mol. The predicted molar refractivity (Wildman–Crippen MR) is 116 cm³/mol. The van der Waals surface area contributed by atoms with E-state index >= 15 is 0 Å². The van der Waals surface area contributed by atoms with Gasteiger partial charge in [0.2, 0.25) is 11.5 Å². The fourth-order valence-electron chi connectivity index (χ4n) is 3.52. The number of aromatic nitrogens is 4. The molecular weight excluding hydrogens is 472 g/mol. The topological polar surface area (TPSA) is 188 Å². The molecule has 172 valence electrons. The lowest BCUT2D eigenvalue weighted by molar-refractivity contribution is -0.689. The van der Waals surface area contributed by atoms with Crippen molar-refractivity contribution < 1.29 is 29.3 Å². The third kappa shape index (κ3) is 4.23. The summed E-state index contributed by atoms with van der Waals surface area (Å²) in [7, 11) is 0. The summed E-state index contributed by atoms with van der Waals surface area (Å²) >= 11 is 2.15. The van der Waals surface area contributed by atoms with E-state index in [9.17, 15) is 24.7 Å². The van der Waals surface area contributed by atoms with Gasteiger partial charge >= 0.3 is 5.97 Å². The molecule has 0 radical (unpaired) electrons. The zero-order valence-corrected chi connectivity index (χ0v) is 18.8. The zero-order chi connectivity index (χ0) is 23.7. The Balaban J connectivity index is 1.53. The van der Waals surface area contributed by atoms with Crippen LogP contribution in [0, 0.1) is 0 Å². The number of β-lactam (4-membered cyclic amide) rings is 1. The van der Waals surface area contributed by atoms with Crippen LogP contribution in [0.2, 0.25) is 0 Å². The Bertz CT molecular complexity index is 1200. The summed E-state index contributed by atoms with van der Waals surface area (Å²) in [6.45, 7) is 2.26. The number of rotatable bonds is 7. The molecule has 2 aliphatic rings. The van der Waals surface area contributed by atoms with Gasteiger partial charge in [0, 0.05) is 22.9 Å². The number of nitrogens with one attached hydrogen (secondary N) is 1. The van der Waals surface area contributed by atoms with Crippen LogP contribution < -0.4 is 15.6 Å². The molecule has 2 aromatic rings. The number of aliphatic carboxylic acids is 1. The van der Waals surface area contributed by atoms with Crippen LogP contribution in [0.15, 0.2) is 35.0 Å². The van der Waals surface area contributed by atoms with Crippen molar-refractivity contribution in [1.82, 2.24) is 24.6 Å². The third-order valence-electron chi connectivity index (χ3n) is 5.05. The van der Waals surface area contributed by atoms with Gasteiger partial charge in [0.15, 0.2) is 24.1 Å². The number of nitrogens with zero attached hydrogens (tertiary/aromatic N) is 6. The molecule has 0 aliphatic carbocycles. The molecule has 13 nitrogen and oxygen atoms in total. The molecule has 15 heteroatoms. The molecule has 0 spiro atoms. The largest absolute Gasteiger partial charge is 0.477 e. The number of carboxylic acids is 1. The van der Waals surface area contributed by atoms with Gasteiger partial charge in [0.05, 0.1) is 6.20 Å². The van der Waals surface area contributed by atoms with E-state index in [1.807, 2.05) is 17.7 Å². The summed E-state index contributed by atoms with van der Waals surface area (Å²) in [6, 6.07) is -0.994. The number of oxime groups is 1. The summed E-state index contributed by atoms with van der Waals surface area (Å²) in [6.07, 6.45) is 5.94. The van der Waals surface area contributed by atoms with Gasteiger partial charge in [-0.05, 0) is 6.42 Å². The Morgan fingerprint density at radius 2 is 2.24 bits per heavy atom. The van der Waals surface area contributed by atoms with Crippen molar-refractivity contribution in [2.75, 3.05) is 11.5 Å². The maximum absolute atomic E-state index is 12.8. The van der Waals surface area contributed by atoms with Crippen molar-refractivity contribution in [1.29, 1.82) is 0 Å². The van der Waals surface area contributed by atoms with Crippen molar-refractivity contribution in [2.45, 2.75) is 31.3 Å². The van der Waals surface area contributed by atoms with Crippen molar-refractivity contribution in [3.63, 3.8) is 0 Å². The Kier molecular flexibility index (Phi) is 6.24. The van der Waals surface area contributed by atoms with Gasteiger partial charge in [0.1, 0.15) is 22.8 Å². The molecule has 5 N–H and O–H groups in total. The molecule has 1 fully saturated rings. The molecular formula is C18H19N8O5S2+. The molecule has 4 heterocycles. The first-order chi connectivity index (χ1) is 15.8. The highest BCUT2D eigenvalue weighted by Crippen LogP contribution is 2.40. The summed E-state index contributed by atoms with van der Waals surface area (Å²) in [5.74, 6) is -2.50. The van der Waals surface area contributed by atoms with Gasteiger partial charge in [0.25, 0.3) is 11.8 Å². The van der Waals surface area contributed by atoms with Gasteiger partial charge in [-0.3, -0.25) is 14.5 Å². The number of aryl methyl sites for hydroxylation is 1. The van der Waals surface area contributed by atoms with E-state index in [1.54, 1.807) is 12.4 Å². The number of nitrogen functional groups attached to an aromatic ring is 1. The maximum Gasteiger partial charge on any atom is 0.352 e. The summed E-state index contributed by atoms with van der Waals surface area (Å²) in [5, 5.41) is 23.9. The first-order valence-electron chi connectivity index (χ1n) is 9.70. The molecule has 0 bridgehead atoms. The van der Waals surface area contributed by atoms with Crippen LogP contribution in [-0.2, 0) is 27.3 Å². The van der Waals surface area contributed by atoms with E-state index in [2.05, 4.69) is 24.8 Å². The molecule has 2 amide bonds. The van der Waals surface area contributed by atoms with Crippen molar-refractivity contribution in [3.8, 4) is 0 Å². The van der Waals surface area contributed by atoms with Crippen LogP contribution in [0.5, 0.6) is 0 Å². The highest BCUT2D eigenvalue weighted by Gasteiger charge is 2.54. The smallest absolute Gasteiger partial charge is 0.352 e. The third-order valence-corrected chi connectivity index (χ3v) is 6.94. The van der Waals surface area contributed by atoms with Crippen molar-refractivity contribution in [2.24, 2.45) is 5.16 Å². The first kappa shape index (κ1) is 22.6. The van der Waals surface area contributed by atoms with E-state index in [4.69, 9.17) is 5.73 Å². The second-order valence-corrected chi connectivity index (χ2v) is 8.99. The van der Waals surface area contributed by atoms with Crippen LogP contribution in [0.3, 0.4) is 0 Å². The number of hydrogen-bond donors (Lipinski definition) is 4. The highest BCUT2D eigenvalue weighted by atomic mass is 32.2. The Hall–Kier alpha value is -3.59. The number of thioether (sulfide) groups is 1. The standard InChI is InChI=1S/C18H18N8O5S2/c1-2-9-6-25(4-3-20-9)5-8-7-32-16-11(15(28)26(16)12(8)17(29)30)21-14(27)10(23-31)13-22-18(19)33-24-13/h3-4,6,11,16H,2,5,7H2,1H3,(H4-,19,21,22,24,27,29,30,31)/p+1/t11?,16-/m1/s1. The number of nitrogens with two attached hydrogens (primary N) is 1. The summed E-state index contributed by atoms with van der Waals surface area (Å²) in [4.78, 5) is 46.6. The van der Waals surface area contributed by atoms with Crippen LogP contribution >= 0.6 is 23.3 Å². The quantitative estimate of drug-likeness (QED) is 0.123. The molecule has 0 aromatic carbocycles. The number of amides is 2. The van der Waals surface area contributed by atoms with Gasteiger partial charge in [-0.25, -0.2) is 9.78 Å². The summed E-state index contributed by atoms with van der Waals surface area (Å²) in [5.41, 5.74) is 6.33. The molecule has 1 saturated heterocycles. The van der Waals surface area contributed by atoms with Crippen molar-refractivity contribution >= 4 is 51.9 Å². The van der Waals surface area contributed by atoms with Gasteiger partial charge in [-0.15, -0.1) is 11.8 Å². The van der Waals surface area contributed by atoms with Gasteiger partial charge < -0.3 is 21.4 Å². The minimum Gasteiger partial charge on any atom is -0.477 e. The first-order valence-corrected chi connectivity index (χ1v) is 11.5. The minimum absolute atomic E-state index is 0.0783. The molecule has 33 heavy (non-hydrogen) atoms. The average Bonchev–Trinajstić information content (AvgIpc) is 3.23. The molecule has 1 unspecified atom stereocenters.